The van der Waals surface area contributed by atoms with Crippen molar-refractivity contribution < 1.29 is 5.11 Å². The predicted octanol–water partition coefficient (Wildman–Crippen LogP) is 4.07. The molecule has 0 fully saturated rings. The molecule has 0 aliphatic rings. The van der Waals surface area contributed by atoms with E-state index in [2.05, 4.69) is 23.2 Å². The molecule has 0 aliphatic heterocycles. The number of hydrogen-bond donors (Lipinski definition) is 1. The van der Waals surface area contributed by atoms with Gasteiger partial charge in [0.1, 0.15) is 0 Å². The first-order valence-electron chi connectivity index (χ1n) is 7.17. The Balaban J connectivity index is 1.96. The quantitative estimate of drug-likeness (QED) is 0.535. The van der Waals surface area contributed by atoms with Gasteiger partial charge in [-0.25, -0.2) is 0 Å². The molecule has 1 unspecified atom stereocenters. The zero-order valence-electron chi connectivity index (χ0n) is 11.8. The van der Waals surface area contributed by atoms with Gasteiger partial charge in [0.15, 0.2) is 0 Å². The van der Waals surface area contributed by atoms with Gasteiger partial charge >= 0.3 is 0 Å². The van der Waals surface area contributed by atoms with Crippen molar-refractivity contribution in [2.75, 3.05) is 0 Å². The van der Waals surface area contributed by atoms with Crippen LogP contribution in [0.5, 0.6) is 0 Å². The normalized spacial score (nSPS) is 13.4. The van der Waals surface area contributed by atoms with E-state index in [9.17, 15) is 0 Å². The van der Waals surface area contributed by atoms with Gasteiger partial charge in [0, 0.05) is 12.4 Å². The number of hydrogen-bond acceptors (Lipinski definition) is 2. The third-order valence-electron chi connectivity index (χ3n) is 2.92. The molecule has 0 saturated heterocycles. The first-order chi connectivity index (χ1) is 9.29. The lowest BCUT2D eigenvalue weighted by Gasteiger charge is -1.99. The van der Waals surface area contributed by atoms with Crippen LogP contribution in [0.1, 0.15) is 44.6 Å². The molecule has 0 amide bonds. The molecule has 104 valence electrons. The average Bonchev–Trinajstić information content (AvgIpc) is 2.42. The van der Waals surface area contributed by atoms with Crippen LogP contribution in [0.3, 0.4) is 0 Å². The summed E-state index contributed by atoms with van der Waals surface area (Å²) in [7, 11) is 0. The molecule has 2 heteroatoms. The SMILES string of the molecule is CC(O)CC=CC=CCCCCCc1cccnc1. The average molecular weight is 259 g/mol. The molecule has 1 heterocycles. The zero-order chi connectivity index (χ0) is 13.8. The number of rotatable bonds is 9. The molecule has 2 nitrogen and oxygen atoms in total. The summed E-state index contributed by atoms with van der Waals surface area (Å²) in [4.78, 5) is 4.12. The summed E-state index contributed by atoms with van der Waals surface area (Å²) in [6.45, 7) is 1.80. The van der Waals surface area contributed by atoms with E-state index in [0.29, 0.717) is 0 Å². The van der Waals surface area contributed by atoms with Crippen LogP contribution in [0.4, 0.5) is 0 Å². The monoisotopic (exact) mass is 259 g/mol. The number of aryl methyl sites for hydroxylation is 1. The molecule has 0 saturated carbocycles. The molecule has 1 N–H and O–H groups in total. The highest BCUT2D eigenvalue weighted by molar-refractivity contribution is 5.08. The fourth-order valence-corrected chi connectivity index (χ4v) is 1.84. The Labute approximate surface area is 116 Å². The number of nitrogens with zero attached hydrogens (tertiary/aromatic N) is 1. The van der Waals surface area contributed by atoms with E-state index >= 15 is 0 Å². The summed E-state index contributed by atoms with van der Waals surface area (Å²) >= 11 is 0. The van der Waals surface area contributed by atoms with Crippen molar-refractivity contribution in [2.24, 2.45) is 0 Å². The first kappa shape index (κ1) is 15.6. The molecular weight excluding hydrogens is 234 g/mol. The van der Waals surface area contributed by atoms with Crippen molar-refractivity contribution in [3.05, 3.63) is 54.4 Å². The Hall–Kier alpha value is -1.41. The van der Waals surface area contributed by atoms with Crippen molar-refractivity contribution in [3.8, 4) is 0 Å². The smallest absolute Gasteiger partial charge is 0.0546 e. The topological polar surface area (TPSA) is 33.1 Å². The molecule has 1 aromatic heterocycles. The third kappa shape index (κ3) is 9.20. The zero-order valence-corrected chi connectivity index (χ0v) is 11.8. The molecule has 0 radical (unpaired) electrons. The van der Waals surface area contributed by atoms with Crippen molar-refractivity contribution in [3.63, 3.8) is 0 Å². The minimum Gasteiger partial charge on any atom is -0.393 e. The number of aliphatic hydroxyl groups excluding tert-OH is 1. The van der Waals surface area contributed by atoms with Gasteiger partial charge in [-0.3, -0.25) is 4.98 Å². The van der Waals surface area contributed by atoms with E-state index in [1.54, 1.807) is 6.92 Å². The van der Waals surface area contributed by atoms with Gasteiger partial charge in [0.2, 0.25) is 0 Å². The maximum Gasteiger partial charge on any atom is 0.0546 e. The van der Waals surface area contributed by atoms with Crippen LogP contribution >= 0.6 is 0 Å². The Morgan fingerprint density at radius 3 is 2.79 bits per heavy atom. The number of allylic oxidation sites excluding steroid dienone is 3. The summed E-state index contributed by atoms with van der Waals surface area (Å²) < 4.78 is 0. The lowest BCUT2D eigenvalue weighted by molar-refractivity contribution is 0.198. The van der Waals surface area contributed by atoms with Crippen LogP contribution in [-0.2, 0) is 6.42 Å². The Morgan fingerprint density at radius 2 is 2.05 bits per heavy atom. The molecular formula is C17H25NO. The molecule has 0 bridgehead atoms. The van der Waals surface area contributed by atoms with Gasteiger partial charge in [0.05, 0.1) is 6.10 Å². The molecule has 1 aromatic rings. The van der Waals surface area contributed by atoms with Crippen molar-refractivity contribution in [1.29, 1.82) is 0 Å². The van der Waals surface area contributed by atoms with Crippen molar-refractivity contribution in [2.45, 2.75) is 51.6 Å². The molecule has 0 aliphatic carbocycles. The lowest BCUT2D eigenvalue weighted by Crippen LogP contribution is -1.94. The first-order valence-corrected chi connectivity index (χ1v) is 7.17. The fraction of sp³-hybridized carbons (Fsp3) is 0.471. The van der Waals surface area contributed by atoms with E-state index in [1.165, 1.54) is 24.8 Å². The van der Waals surface area contributed by atoms with Crippen LogP contribution in [-0.4, -0.2) is 16.2 Å². The largest absolute Gasteiger partial charge is 0.393 e. The van der Waals surface area contributed by atoms with Gasteiger partial charge in [-0.05, 0) is 50.7 Å². The van der Waals surface area contributed by atoms with E-state index < -0.39 is 0 Å². The van der Waals surface area contributed by atoms with Crippen molar-refractivity contribution in [1.82, 2.24) is 4.98 Å². The molecule has 19 heavy (non-hydrogen) atoms. The van der Waals surface area contributed by atoms with Gasteiger partial charge in [-0.15, -0.1) is 0 Å². The van der Waals surface area contributed by atoms with Gasteiger partial charge in [0.25, 0.3) is 0 Å². The molecule has 0 aromatic carbocycles. The fourth-order valence-electron chi connectivity index (χ4n) is 1.84. The predicted molar refractivity (Wildman–Crippen MR) is 81.0 cm³/mol. The lowest BCUT2D eigenvalue weighted by atomic mass is 10.1. The van der Waals surface area contributed by atoms with Crippen LogP contribution in [0.25, 0.3) is 0 Å². The highest BCUT2D eigenvalue weighted by atomic mass is 16.3. The summed E-state index contributed by atoms with van der Waals surface area (Å²) in [5, 5.41) is 9.07. The van der Waals surface area contributed by atoms with Gasteiger partial charge < -0.3 is 5.11 Å². The standard InChI is InChI=1S/C17H25NO/c1-16(19)11-8-6-4-2-3-5-7-9-12-17-13-10-14-18-15-17/h2,4,6,8,10,13-16,19H,3,5,7,9,11-12H2,1H3. The van der Waals surface area contributed by atoms with Gasteiger partial charge in [-0.2, -0.15) is 0 Å². The van der Waals surface area contributed by atoms with E-state index in [4.69, 9.17) is 5.11 Å². The van der Waals surface area contributed by atoms with Crippen LogP contribution in [0.2, 0.25) is 0 Å². The summed E-state index contributed by atoms with van der Waals surface area (Å²) in [5.74, 6) is 0. The Bertz CT molecular complexity index is 368. The second-order valence-electron chi connectivity index (χ2n) is 4.90. The maximum absolute atomic E-state index is 9.07. The minimum atomic E-state index is -0.239. The minimum absolute atomic E-state index is 0.239. The highest BCUT2D eigenvalue weighted by Crippen LogP contribution is 2.07. The van der Waals surface area contributed by atoms with E-state index in [-0.39, 0.29) is 6.10 Å². The van der Waals surface area contributed by atoms with E-state index in [1.807, 2.05) is 30.6 Å². The summed E-state index contributed by atoms with van der Waals surface area (Å²) in [5.41, 5.74) is 1.33. The highest BCUT2D eigenvalue weighted by Gasteiger charge is 1.92. The Morgan fingerprint density at radius 1 is 1.21 bits per heavy atom. The Kier molecular flexibility index (Phi) is 8.65. The molecule has 0 spiro atoms. The molecule has 1 rings (SSSR count). The summed E-state index contributed by atoms with van der Waals surface area (Å²) in [6, 6.07) is 4.14. The number of unbranched alkanes of at least 4 members (excludes halogenated alkanes) is 3. The van der Waals surface area contributed by atoms with Crippen LogP contribution in [0.15, 0.2) is 48.8 Å². The second-order valence-corrected chi connectivity index (χ2v) is 4.90. The van der Waals surface area contributed by atoms with Crippen LogP contribution in [0, 0.1) is 0 Å². The number of pyridine rings is 1. The number of aliphatic hydroxyl groups is 1. The number of aromatic nitrogens is 1. The van der Waals surface area contributed by atoms with E-state index in [0.717, 1.165) is 19.3 Å². The molecule has 1 atom stereocenters. The third-order valence-corrected chi connectivity index (χ3v) is 2.92. The van der Waals surface area contributed by atoms with Crippen molar-refractivity contribution >= 4 is 0 Å². The van der Waals surface area contributed by atoms with Gasteiger partial charge in [-0.1, -0.05) is 36.8 Å². The van der Waals surface area contributed by atoms with Crippen LogP contribution < -0.4 is 0 Å². The maximum atomic E-state index is 9.07. The second kappa shape index (κ2) is 10.5. The summed E-state index contributed by atoms with van der Waals surface area (Å²) in [6.07, 6.45) is 18.5.